The molecular formula is C21H27FO3Si. The second-order valence-electron chi connectivity index (χ2n) is 8.11. The molecular weight excluding hydrogens is 347 g/mol. The van der Waals surface area contributed by atoms with Crippen molar-refractivity contribution in [3.63, 3.8) is 0 Å². The van der Waals surface area contributed by atoms with Crippen LogP contribution in [0, 0.1) is 5.82 Å². The van der Waals surface area contributed by atoms with E-state index in [9.17, 15) is 14.3 Å². The van der Waals surface area contributed by atoms with Crippen molar-refractivity contribution in [2.75, 3.05) is 0 Å². The van der Waals surface area contributed by atoms with Crippen LogP contribution in [0.15, 0.2) is 48.5 Å². The summed E-state index contributed by atoms with van der Waals surface area (Å²) in [4.78, 5) is 11.7. The third-order valence-electron chi connectivity index (χ3n) is 5.07. The fraction of sp³-hybridized carbons (Fsp3) is 0.381. The molecule has 0 saturated heterocycles. The van der Waals surface area contributed by atoms with Crippen molar-refractivity contribution in [1.29, 1.82) is 0 Å². The second kappa shape index (κ2) is 7.72. The molecule has 0 aromatic heterocycles. The van der Waals surface area contributed by atoms with Gasteiger partial charge in [-0.1, -0.05) is 57.2 Å². The average molecular weight is 375 g/mol. The van der Waals surface area contributed by atoms with Gasteiger partial charge in [0.15, 0.2) is 8.32 Å². The summed E-state index contributed by atoms with van der Waals surface area (Å²) in [6.45, 7) is 10.4. The maximum Gasteiger partial charge on any atom is 0.331 e. The molecule has 0 unspecified atom stereocenters. The van der Waals surface area contributed by atoms with Gasteiger partial charge in [-0.05, 0) is 47.0 Å². The van der Waals surface area contributed by atoms with E-state index in [1.165, 1.54) is 12.1 Å². The van der Waals surface area contributed by atoms with Crippen LogP contribution in [0.2, 0.25) is 18.1 Å². The van der Waals surface area contributed by atoms with Gasteiger partial charge in [0.2, 0.25) is 0 Å². The Morgan fingerprint density at radius 1 is 1.04 bits per heavy atom. The van der Waals surface area contributed by atoms with Crippen molar-refractivity contribution in [3.05, 3.63) is 59.9 Å². The summed E-state index contributed by atoms with van der Waals surface area (Å²) in [6, 6.07) is 14.0. The maximum atomic E-state index is 13.0. The third kappa shape index (κ3) is 5.02. The minimum Gasteiger partial charge on any atom is -0.479 e. The molecule has 0 bridgehead atoms. The largest absolute Gasteiger partial charge is 0.479 e. The van der Waals surface area contributed by atoms with Crippen LogP contribution in [0.4, 0.5) is 4.39 Å². The number of hydrogen-bond acceptors (Lipinski definition) is 2. The van der Waals surface area contributed by atoms with Crippen LogP contribution in [0.1, 0.15) is 26.3 Å². The van der Waals surface area contributed by atoms with Gasteiger partial charge in [-0.3, -0.25) is 0 Å². The summed E-state index contributed by atoms with van der Waals surface area (Å²) < 4.78 is 19.1. The number of carbonyl (C=O) groups is 1. The van der Waals surface area contributed by atoms with Crippen molar-refractivity contribution < 1.29 is 18.7 Å². The van der Waals surface area contributed by atoms with Gasteiger partial charge in [0.1, 0.15) is 11.9 Å². The molecule has 0 fully saturated rings. The van der Waals surface area contributed by atoms with Crippen LogP contribution in [0.25, 0.3) is 11.1 Å². The molecule has 0 aliphatic heterocycles. The minimum absolute atomic E-state index is 0.0485. The molecule has 0 amide bonds. The molecule has 3 nitrogen and oxygen atoms in total. The van der Waals surface area contributed by atoms with Gasteiger partial charge in [-0.2, -0.15) is 0 Å². The highest BCUT2D eigenvalue weighted by molar-refractivity contribution is 6.74. The van der Waals surface area contributed by atoms with Crippen LogP contribution in [-0.4, -0.2) is 25.5 Å². The van der Waals surface area contributed by atoms with E-state index >= 15 is 0 Å². The van der Waals surface area contributed by atoms with E-state index in [-0.39, 0.29) is 10.9 Å². The normalized spacial score (nSPS) is 13.5. The molecule has 0 aliphatic rings. The predicted octanol–water partition coefficient (Wildman–Crippen LogP) is 5.51. The number of benzene rings is 2. The Balaban J connectivity index is 2.14. The SMILES string of the molecule is CC(C)(C)[Si](C)(C)O[C@H](Cc1ccc(-c2ccc(F)cc2)cc1)C(=O)O. The van der Waals surface area contributed by atoms with Gasteiger partial charge >= 0.3 is 5.97 Å². The monoisotopic (exact) mass is 374 g/mol. The minimum atomic E-state index is -2.17. The highest BCUT2D eigenvalue weighted by Gasteiger charge is 2.40. The molecule has 0 radical (unpaired) electrons. The maximum absolute atomic E-state index is 13.0. The Bertz CT molecular complexity index is 746. The van der Waals surface area contributed by atoms with E-state index in [2.05, 4.69) is 33.9 Å². The molecule has 0 heterocycles. The summed E-state index contributed by atoms with van der Waals surface area (Å²) >= 11 is 0. The molecule has 1 N–H and O–H groups in total. The lowest BCUT2D eigenvalue weighted by atomic mass is 10.0. The van der Waals surface area contributed by atoms with Crippen LogP contribution in [-0.2, 0) is 15.6 Å². The van der Waals surface area contributed by atoms with Gasteiger partial charge in [0.05, 0.1) is 0 Å². The third-order valence-corrected chi connectivity index (χ3v) is 9.56. The smallest absolute Gasteiger partial charge is 0.331 e. The topological polar surface area (TPSA) is 46.5 Å². The van der Waals surface area contributed by atoms with Gasteiger partial charge < -0.3 is 9.53 Å². The Morgan fingerprint density at radius 2 is 1.50 bits per heavy atom. The van der Waals surface area contributed by atoms with E-state index in [1.54, 1.807) is 12.1 Å². The highest BCUT2D eigenvalue weighted by Crippen LogP contribution is 2.37. The summed E-state index contributed by atoms with van der Waals surface area (Å²) in [5.74, 6) is -1.20. The zero-order chi connectivity index (χ0) is 19.5. The van der Waals surface area contributed by atoms with Crippen LogP contribution in [0.3, 0.4) is 0 Å². The molecule has 0 spiro atoms. The predicted molar refractivity (Wildman–Crippen MR) is 105 cm³/mol. The Labute approximate surface area is 156 Å². The quantitative estimate of drug-likeness (QED) is 0.678. The van der Waals surface area contributed by atoms with Crippen molar-refractivity contribution in [3.8, 4) is 11.1 Å². The standard InChI is InChI=1S/C21H27FO3Si/c1-21(2,3)26(4,5)25-19(20(23)24)14-15-6-8-16(9-7-15)17-10-12-18(22)13-11-17/h6-13,19H,14H2,1-5H3,(H,23,24)/t19-/m1/s1. The number of hydrogen-bond donors (Lipinski definition) is 1. The molecule has 26 heavy (non-hydrogen) atoms. The summed E-state index contributed by atoms with van der Waals surface area (Å²) in [5.41, 5.74) is 2.79. The molecule has 1 atom stereocenters. The van der Waals surface area contributed by atoms with Crippen LogP contribution < -0.4 is 0 Å². The summed E-state index contributed by atoms with van der Waals surface area (Å²) in [6.07, 6.45) is -0.529. The van der Waals surface area contributed by atoms with Gasteiger partial charge in [0.25, 0.3) is 0 Å². The number of carboxylic acids is 1. The van der Waals surface area contributed by atoms with Gasteiger partial charge in [-0.15, -0.1) is 0 Å². The molecule has 0 saturated carbocycles. The summed E-state index contributed by atoms with van der Waals surface area (Å²) in [7, 11) is -2.17. The number of aliphatic carboxylic acids is 1. The Morgan fingerprint density at radius 3 is 1.92 bits per heavy atom. The zero-order valence-electron chi connectivity index (χ0n) is 16.0. The average Bonchev–Trinajstić information content (AvgIpc) is 2.54. The van der Waals surface area contributed by atoms with Crippen molar-refractivity contribution in [1.82, 2.24) is 0 Å². The lowest BCUT2D eigenvalue weighted by molar-refractivity contribution is -0.145. The lowest BCUT2D eigenvalue weighted by Gasteiger charge is -2.38. The van der Waals surface area contributed by atoms with E-state index in [1.807, 2.05) is 24.3 Å². The Kier molecular flexibility index (Phi) is 6.04. The van der Waals surface area contributed by atoms with Gasteiger partial charge in [0, 0.05) is 6.42 Å². The molecule has 2 aromatic rings. The van der Waals surface area contributed by atoms with E-state index in [4.69, 9.17) is 4.43 Å². The second-order valence-corrected chi connectivity index (χ2v) is 12.9. The first-order chi connectivity index (χ1) is 12.0. The van der Waals surface area contributed by atoms with Crippen molar-refractivity contribution >= 4 is 14.3 Å². The van der Waals surface area contributed by atoms with Crippen LogP contribution >= 0.6 is 0 Å². The molecule has 5 heteroatoms. The van der Waals surface area contributed by atoms with Crippen LogP contribution in [0.5, 0.6) is 0 Å². The van der Waals surface area contributed by atoms with Gasteiger partial charge in [-0.25, -0.2) is 9.18 Å². The number of carboxylic acid groups (broad SMARTS) is 1. The van der Waals surface area contributed by atoms with E-state index in [0.717, 1.165) is 16.7 Å². The first kappa shape index (κ1) is 20.3. The fourth-order valence-electron chi connectivity index (χ4n) is 2.40. The fourth-order valence-corrected chi connectivity index (χ4v) is 3.65. The molecule has 140 valence electrons. The van der Waals surface area contributed by atoms with E-state index in [0.29, 0.717) is 6.42 Å². The Hall–Kier alpha value is -1.98. The van der Waals surface area contributed by atoms with Crippen molar-refractivity contribution in [2.24, 2.45) is 0 Å². The molecule has 2 aromatic carbocycles. The first-order valence-corrected chi connectivity index (χ1v) is 11.7. The molecule has 2 rings (SSSR count). The molecule has 0 aliphatic carbocycles. The number of halogens is 1. The van der Waals surface area contributed by atoms with E-state index < -0.39 is 20.4 Å². The lowest BCUT2D eigenvalue weighted by Crippen LogP contribution is -2.46. The van der Waals surface area contributed by atoms with Crippen molar-refractivity contribution in [2.45, 2.75) is 51.4 Å². The number of rotatable bonds is 6. The zero-order valence-corrected chi connectivity index (χ0v) is 17.0. The summed E-state index contributed by atoms with van der Waals surface area (Å²) in [5, 5.41) is 9.54. The highest BCUT2D eigenvalue weighted by atomic mass is 28.4. The first-order valence-electron chi connectivity index (χ1n) is 8.75.